The highest BCUT2D eigenvalue weighted by Crippen LogP contribution is 2.39. The van der Waals surface area contributed by atoms with Crippen LogP contribution < -0.4 is 0 Å². The normalized spacial score (nSPS) is 12.8. The average molecular weight is 349 g/mol. The molecule has 0 aliphatic rings. The van der Waals surface area contributed by atoms with E-state index in [4.69, 9.17) is 0 Å². The Labute approximate surface area is 160 Å². The fourth-order valence-corrected chi connectivity index (χ4v) is 3.92. The van der Waals surface area contributed by atoms with Crippen LogP contribution >= 0.6 is 0 Å². The molecule has 0 radical (unpaired) electrons. The summed E-state index contributed by atoms with van der Waals surface area (Å²) in [5, 5.41) is 5.02. The van der Waals surface area contributed by atoms with E-state index in [2.05, 4.69) is 92.7 Å². The Bertz CT molecular complexity index is 1260. The van der Waals surface area contributed by atoms with Crippen molar-refractivity contribution in [2.45, 2.75) is 13.8 Å². The number of fused-ring (bicyclic) bond motifs is 5. The standard InChI is InChI=1S/C26H23N/c1-5-10-20(17(4)6-2)24-18(7-3)13-15-23-26(24)25-21-12-9-8-11-19(21)14-16-22(25)27-23/h5-16,27H,2-3H2,1,4H3/b10-5-,20-17+. The van der Waals surface area contributed by atoms with Gasteiger partial charge in [-0.3, -0.25) is 0 Å². The molecule has 0 aliphatic heterocycles. The van der Waals surface area contributed by atoms with E-state index in [1.807, 2.05) is 12.2 Å². The fourth-order valence-electron chi connectivity index (χ4n) is 3.92. The second-order valence-corrected chi connectivity index (χ2v) is 6.79. The molecule has 0 bridgehead atoms. The zero-order valence-electron chi connectivity index (χ0n) is 15.8. The predicted octanol–water partition coefficient (Wildman–Crippen LogP) is 7.65. The summed E-state index contributed by atoms with van der Waals surface area (Å²) in [6.07, 6.45) is 8.12. The van der Waals surface area contributed by atoms with Gasteiger partial charge in [0.15, 0.2) is 0 Å². The second-order valence-electron chi connectivity index (χ2n) is 6.79. The van der Waals surface area contributed by atoms with Gasteiger partial charge in [0.25, 0.3) is 0 Å². The Balaban J connectivity index is 2.31. The van der Waals surface area contributed by atoms with Crippen molar-refractivity contribution in [3.63, 3.8) is 0 Å². The summed E-state index contributed by atoms with van der Waals surface area (Å²) in [6, 6.07) is 17.2. The number of nitrogens with one attached hydrogen (secondary N) is 1. The SMILES string of the molecule is C=C/C(C)=C(\C=C/C)c1c(C=C)ccc2[nH]c3ccc4ccccc4c3c12. The van der Waals surface area contributed by atoms with Gasteiger partial charge in [-0.05, 0) is 59.0 Å². The fraction of sp³-hybridized carbons (Fsp3) is 0.0769. The molecule has 1 heteroatoms. The quantitative estimate of drug-likeness (QED) is 0.364. The molecular formula is C26H23N. The number of H-pyrrole nitrogens is 1. The molecule has 1 heterocycles. The molecular weight excluding hydrogens is 326 g/mol. The van der Waals surface area contributed by atoms with Crippen LogP contribution in [0.2, 0.25) is 0 Å². The summed E-state index contributed by atoms with van der Waals surface area (Å²) >= 11 is 0. The van der Waals surface area contributed by atoms with E-state index in [-0.39, 0.29) is 0 Å². The van der Waals surface area contributed by atoms with Crippen LogP contribution in [-0.4, -0.2) is 4.98 Å². The lowest BCUT2D eigenvalue weighted by molar-refractivity contribution is 1.50. The smallest absolute Gasteiger partial charge is 0.0471 e. The Morgan fingerprint density at radius 2 is 1.67 bits per heavy atom. The molecule has 0 saturated carbocycles. The number of hydrogen-bond donors (Lipinski definition) is 1. The van der Waals surface area contributed by atoms with Crippen LogP contribution in [0.25, 0.3) is 44.2 Å². The van der Waals surface area contributed by atoms with Crippen LogP contribution in [0.1, 0.15) is 25.0 Å². The maximum Gasteiger partial charge on any atom is 0.0471 e. The van der Waals surface area contributed by atoms with Crippen LogP contribution in [0, 0.1) is 0 Å². The predicted molar refractivity (Wildman–Crippen MR) is 121 cm³/mol. The summed E-state index contributed by atoms with van der Waals surface area (Å²) in [4.78, 5) is 3.61. The number of aromatic amines is 1. The van der Waals surface area contributed by atoms with Gasteiger partial charge in [0, 0.05) is 21.8 Å². The van der Waals surface area contributed by atoms with Crippen molar-refractivity contribution in [2.75, 3.05) is 0 Å². The van der Waals surface area contributed by atoms with E-state index in [1.165, 1.54) is 32.7 Å². The van der Waals surface area contributed by atoms with Gasteiger partial charge in [-0.1, -0.05) is 73.9 Å². The minimum atomic E-state index is 1.13. The molecule has 132 valence electrons. The van der Waals surface area contributed by atoms with Crippen molar-refractivity contribution < 1.29 is 0 Å². The van der Waals surface area contributed by atoms with Crippen LogP contribution in [0.4, 0.5) is 0 Å². The first-order valence-electron chi connectivity index (χ1n) is 9.24. The van der Waals surface area contributed by atoms with Crippen LogP contribution in [0.3, 0.4) is 0 Å². The molecule has 4 rings (SSSR count). The molecule has 27 heavy (non-hydrogen) atoms. The summed E-state index contributed by atoms with van der Waals surface area (Å²) in [5.41, 5.74) is 6.97. The third-order valence-electron chi connectivity index (χ3n) is 5.24. The summed E-state index contributed by atoms with van der Waals surface area (Å²) in [7, 11) is 0. The molecule has 4 aromatic rings. The summed E-state index contributed by atoms with van der Waals surface area (Å²) in [5.74, 6) is 0. The second kappa shape index (κ2) is 6.77. The Hall–Kier alpha value is -3.32. The molecule has 0 unspecified atom stereocenters. The molecule has 1 nitrogen and oxygen atoms in total. The first-order valence-corrected chi connectivity index (χ1v) is 9.24. The number of rotatable bonds is 4. The molecule has 0 fully saturated rings. The van der Waals surface area contributed by atoms with Crippen molar-refractivity contribution in [1.29, 1.82) is 0 Å². The minimum absolute atomic E-state index is 1.13. The maximum atomic E-state index is 4.07. The van der Waals surface area contributed by atoms with E-state index >= 15 is 0 Å². The lowest BCUT2D eigenvalue weighted by Gasteiger charge is -2.13. The Morgan fingerprint density at radius 1 is 0.926 bits per heavy atom. The Kier molecular flexibility index (Phi) is 4.29. The minimum Gasteiger partial charge on any atom is -0.354 e. The molecule has 1 N–H and O–H groups in total. The molecule has 0 saturated heterocycles. The van der Waals surface area contributed by atoms with Crippen molar-refractivity contribution in [2.24, 2.45) is 0 Å². The third-order valence-corrected chi connectivity index (χ3v) is 5.24. The van der Waals surface area contributed by atoms with Gasteiger partial charge >= 0.3 is 0 Å². The van der Waals surface area contributed by atoms with Crippen molar-refractivity contribution in [3.05, 3.63) is 96.6 Å². The number of benzene rings is 3. The van der Waals surface area contributed by atoms with Crippen LogP contribution in [-0.2, 0) is 0 Å². The lowest BCUT2D eigenvalue weighted by Crippen LogP contribution is -1.92. The monoisotopic (exact) mass is 349 g/mol. The van der Waals surface area contributed by atoms with Crippen LogP contribution in [0.15, 0.2) is 85.5 Å². The van der Waals surface area contributed by atoms with Gasteiger partial charge in [0.2, 0.25) is 0 Å². The molecule has 3 aromatic carbocycles. The van der Waals surface area contributed by atoms with Gasteiger partial charge in [-0.25, -0.2) is 0 Å². The van der Waals surface area contributed by atoms with Crippen molar-refractivity contribution in [1.82, 2.24) is 4.98 Å². The maximum absolute atomic E-state index is 4.07. The molecule has 0 amide bonds. The number of hydrogen-bond acceptors (Lipinski definition) is 0. The van der Waals surface area contributed by atoms with E-state index in [9.17, 15) is 0 Å². The topological polar surface area (TPSA) is 15.8 Å². The molecule has 0 aliphatic carbocycles. The number of aromatic nitrogens is 1. The first kappa shape index (κ1) is 17.1. The summed E-state index contributed by atoms with van der Waals surface area (Å²) in [6.45, 7) is 12.2. The Morgan fingerprint density at radius 3 is 2.41 bits per heavy atom. The lowest BCUT2D eigenvalue weighted by atomic mass is 9.90. The summed E-state index contributed by atoms with van der Waals surface area (Å²) < 4.78 is 0. The van der Waals surface area contributed by atoms with Gasteiger partial charge in [-0.15, -0.1) is 0 Å². The van der Waals surface area contributed by atoms with E-state index < -0.39 is 0 Å². The molecule has 0 atom stereocenters. The van der Waals surface area contributed by atoms with Crippen LogP contribution in [0.5, 0.6) is 0 Å². The zero-order chi connectivity index (χ0) is 19.0. The highest BCUT2D eigenvalue weighted by molar-refractivity contribution is 6.23. The largest absolute Gasteiger partial charge is 0.354 e. The first-order chi connectivity index (χ1) is 13.2. The highest BCUT2D eigenvalue weighted by atomic mass is 14.7. The average Bonchev–Trinajstić information content (AvgIpc) is 3.10. The third kappa shape index (κ3) is 2.63. The van der Waals surface area contributed by atoms with Gasteiger partial charge in [-0.2, -0.15) is 0 Å². The number of allylic oxidation sites excluding steroid dienone is 5. The van der Waals surface area contributed by atoms with Gasteiger partial charge in [0.1, 0.15) is 0 Å². The van der Waals surface area contributed by atoms with E-state index in [0.29, 0.717) is 0 Å². The zero-order valence-corrected chi connectivity index (χ0v) is 15.8. The molecule has 1 aromatic heterocycles. The van der Waals surface area contributed by atoms with E-state index in [0.717, 1.165) is 22.2 Å². The van der Waals surface area contributed by atoms with E-state index in [1.54, 1.807) is 0 Å². The molecule has 0 spiro atoms. The van der Waals surface area contributed by atoms with Gasteiger partial charge in [0.05, 0.1) is 0 Å². The van der Waals surface area contributed by atoms with Crippen molar-refractivity contribution in [3.8, 4) is 0 Å². The van der Waals surface area contributed by atoms with Crippen molar-refractivity contribution >= 4 is 44.2 Å². The highest BCUT2D eigenvalue weighted by Gasteiger charge is 2.16. The van der Waals surface area contributed by atoms with Gasteiger partial charge < -0.3 is 4.98 Å².